The Morgan fingerprint density at radius 3 is 2.77 bits per heavy atom. The maximum absolute atomic E-state index is 13.4. The van der Waals surface area contributed by atoms with Gasteiger partial charge in [0.2, 0.25) is 5.76 Å². The predicted molar refractivity (Wildman–Crippen MR) is 124 cm³/mol. The van der Waals surface area contributed by atoms with E-state index in [2.05, 4.69) is 15.3 Å². The van der Waals surface area contributed by atoms with Crippen LogP contribution >= 0.6 is 0 Å². The van der Waals surface area contributed by atoms with Gasteiger partial charge < -0.3 is 24.8 Å². The lowest BCUT2D eigenvalue weighted by Crippen LogP contribution is -2.53. The van der Waals surface area contributed by atoms with E-state index in [1.165, 1.54) is 42.9 Å². The minimum atomic E-state index is -0.840. The molecule has 9 nitrogen and oxygen atoms in total. The van der Waals surface area contributed by atoms with Gasteiger partial charge in [-0.15, -0.1) is 0 Å². The number of hydrogen-bond donors (Lipinski definition) is 2. The van der Waals surface area contributed by atoms with Crippen molar-refractivity contribution < 1.29 is 23.1 Å². The maximum Gasteiger partial charge on any atom is 0.294 e. The van der Waals surface area contributed by atoms with E-state index in [9.17, 15) is 14.0 Å². The number of hydrogen-bond acceptors (Lipinski definition) is 7. The molecule has 3 aromatic rings. The first kappa shape index (κ1) is 22.5. The zero-order valence-corrected chi connectivity index (χ0v) is 19.0. The number of amides is 2. The Morgan fingerprint density at radius 2 is 2.11 bits per heavy atom. The van der Waals surface area contributed by atoms with Crippen molar-refractivity contribution in [2.24, 2.45) is 5.41 Å². The Bertz CT molecular complexity index is 1350. The first-order valence-corrected chi connectivity index (χ1v) is 11.0. The number of anilines is 1. The highest BCUT2D eigenvalue weighted by atomic mass is 19.1. The van der Waals surface area contributed by atoms with Gasteiger partial charge in [0.25, 0.3) is 11.8 Å². The summed E-state index contributed by atoms with van der Waals surface area (Å²) in [6, 6.07) is 6.85. The lowest BCUT2D eigenvalue weighted by molar-refractivity contribution is 0.0557. The molecular formula is C25H22FN5O4. The smallest absolute Gasteiger partial charge is 0.294 e. The summed E-state index contributed by atoms with van der Waals surface area (Å²) in [5.74, 6) is 0.202. The number of ether oxygens (including phenoxy) is 1. The number of carbonyl (C=O) groups excluding carboxylic acids is 2. The molecule has 2 aromatic heterocycles. The fraction of sp³-hybridized carbons (Fsp3) is 0.240. The molecule has 0 saturated heterocycles. The van der Waals surface area contributed by atoms with E-state index < -0.39 is 17.4 Å². The third-order valence-electron chi connectivity index (χ3n) is 6.64. The lowest BCUT2D eigenvalue weighted by Gasteiger charge is -2.48. The van der Waals surface area contributed by atoms with Crippen molar-refractivity contribution in [3.05, 3.63) is 83.2 Å². The molecule has 0 fully saturated rings. The second kappa shape index (κ2) is 8.46. The number of allylic oxidation sites excluding steroid dienone is 1. The second-order valence-corrected chi connectivity index (χ2v) is 8.64. The molecule has 2 amide bonds. The van der Waals surface area contributed by atoms with Gasteiger partial charge >= 0.3 is 0 Å². The number of oxazole rings is 1. The molecule has 3 heterocycles. The predicted octanol–water partition coefficient (Wildman–Crippen LogP) is 4.20. The third-order valence-corrected chi connectivity index (χ3v) is 6.64. The fourth-order valence-corrected chi connectivity index (χ4v) is 4.71. The summed E-state index contributed by atoms with van der Waals surface area (Å²) >= 11 is 0. The molecule has 0 bridgehead atoms. The van der Waals surface area contributed by atoms with Gasteiger partial charge in [-0.25, -0.2) is 14.4 Å². The number of pyridine rings is 1. The maximum atomic E-state index is 13.4. The van der Waals surface area contributed by atoms with Gasteiger partial charge in [0.1, 0.15) is 23.1 Å². The van der Waals surface area contributed by atoms with Crippen LogP contribution in [-0.4, -0.2) is 38.9 Å². The summed E-state index contributed by atoms with van der Waals surface area (Å²) in [7, 11) is 0. The number of carbonyl (C=O) groups is 2. The van der Waals surface area contributed by atoms with Crippen molar-refractivity contribution >= 4 is 23.8 Å². The van der Waals surface area contributed by atoms with E-state index in [1.54, 1.807) is 11.0 Å². The molecule has 2 N–H and O–H groups in total. The van der Waals surface area contributed by atoms with Gasteiger partial charge in [0.15, 0.2) is 6.39 Å². The zero-order chi connectivity index (χ0) is 24.7. The van der Waals surface area contributed by atoms with Gasteiger partial charge in [-0.05, 0) is 56.2 Å². The summed E-state index contributed by atoms with van der Waals surface area (Å²) in [6.07, 6.45) is 5.76. The quantitative estimate of drug-likeness (QED) is 0.494. The minimum absolute atomic E-state index is 0.0272. The molecule has 1 aromatic carbocycles. The molecule has 35 heavy (non-hydrogen) atoms. The van der Waals surface area contributed by atoms with E-state index >= 15 is 0 Å². The first-order valence-electron chi connectivity index (χ1n) is 11.0. The largest absolute Gasteiger partial charge is 0.461 e. The normalized spacial score (nSPS) is 19.7. The van der Waals surface area contributed by atoms with Gasteiger partial charge in [0.05, 0.1) is 18.2 Å². The van der Waals surface area contributed by atoms with Crippen molar-refractivity contribution in [3.63, 3.8) is 0 Å². The standard InChI is InChI=1S/C25H22FN5O4/c1-14-9-25(12-27,21(14)35-17-5-3-16(26)4-6-17)15(2)31-11-19-18(24(31)33)7-8-29-22(19)30-23(32)20-10-28-13-34-20/h3-8,10,12-13,15,27H,9,11H2,1-2H3,(H,29,30,32)/t15?,25-/m0/s1. The molecule has 2 aliphatic rings. The van der Waals surface area contributed by atoms with Crippen LogP contribution < -0.4 is 10.1 Å². The molecule has 10 heteroatoms. The number of benzene rings is 1. The zero-order valence-electron chi connectivity index (χ0n) is 19.0. The minimum Gasteiger partial charge on any atom is -0.461 e. The van der Waals surface area contributed by atoms with E-state index in [4.69, 9.17) is 14.6 Å². The molecule has 0 saturated carbocycles. The number of nitrogens with zero attached hydrogens (tertiary/aromatic N) is 3. The van der Waals surface area contributed by atoms with Gasteiger partial charge in [0, 0.05) is 29.6 Å². The highest BCUT2D eigenvalue weighted by Crippen LogP contribution is 2.50. The van der Waals surface area contributed by atoms with Crippen LogP contribution in [-0.2, 0) is 6.54 Å². The molecule has 178 valence electrons. The van der Waals surface area contributed by atoms with Crippen LogP contribution in [0.4, 0.5) is 10.2 Å². The monoisotopic (exact) mass is 475 g/mol. The number of rotatable bonds is 7. The average molecular weight is 475 g/mol. The van der Waals surface area contributed by atoms with Crippen molar-refractivity contribution in [2.45, 2.75) is 32.9 Å². The lowest BCUT2D eigenvalue weighted by atomic mass is 9.65. The summed E-state index contributed by atoms with van der Waals surface area (Å²) in [4.78, 5) is 35.5. The molecule has 1 unspecified atom stereocenters. The molecule has 1 aliphatic heterocycles. The SMILES string of the molecule is CC1=C(Oc2ccc(F)cc2)[C@@](C=N)(C(C)N2Cc3c(ccnc3NC(=O)c3cnco3)C2=O)C1. The van der Waals surface area contributed by atoms with Gasteiger partial charge in [-0.3, -0.25) is 9.59 Å². The van der Waals surface area contributed by atoms with Crippen LogP contribution in [0.2, 0.25) is 0 Å². The van der Waals surface area contributed by atoms with Crippen molar-refractivity contribution in [3.8, 4) is 5.75 Å². The Balaban J connectivity index is 1.40. The highest BCUT2D eigenvalue weighted by Gasteiger charge is 2.52. The third kappa shape index (κ3) is 3.67. The summed E-state index contributed by atoms with van der Waals surface area (Å²) in [5.41, 5.74) is 1.13. The van der Waals surface area contributed by atoms with Crippen molar-refractivity contribution in [1.82, 2.24) is 14.9 Å². The topological polar surface area (TPSA) is 121 Å². The number of nitrogens with one attached hydrogen (secondary N) is 2. The first-order chi connectivity index (χ1) is 16.8. The summed E-state index contributed by atoms with van der Waals surface area (Å²) < 4.78 is 24.4. The fourth-order valence-electron chi connectivity index (χ4n) is 4.71. The molecule has 1 aliphatic carbocycles. The second-order valence-electron chi connectivity index (χ2n) is 8.64. The van der Waals surface area contributed by atoms with E-state index in [0.29, 0.717) is 29.1 Å². The Kier molecular flexibility index (Phi) is 5.43. The Hall–Kier alpha value is -4.34. The Morgan fingerprint density at radius 1 is 1.34 bits per heavy atom. The Labute approximate surface area is 200 Å². The summed E-state index contributed by atoms with van der Waals surface area (Å²) in [5, 5.41) is 10.9. The average Bonchev–Trinajstić information content (AvgIpc) is 3.51. The molecular weight excluding hydrogens is 453 g/mol. The van der Waals surface area contributed by atoms with Crippen molar-refractivity contribution in [2.75, 3.05) is 5.32 Å². The molecule has 0 radical (unpaired) electrons. The molecule has 0 spiro atoms. The van der Waals surface area contributed by atoms with Crippen LogP contribution in [0.3, 0.4) is 0 Å². The van der Waals surface area contributed by atoms with Crippen LogP contribution in [0.1, 0.15) is 46.7 Å². The number of aromatic nitrogens is 2. The molecule has 5 rings (SSSR count). The van der Waals surface area contributed by atoms with E-state index in [1.807, 2.05) is 13.8 Å². The molecule has 2 atom stereocenters. The van der Waals surface area contributed by atoms with Gasteiger partial charge in [-0.2, -0.15) is 0 Å². The highest BCUT2D eigenvalue weighted by molar-refractivity contribution is 6.05. The van der Waals surface area contributed by atoms with Crippen molar-refractivity contribution in [1.29, 1.82) is 5.41 Å². The number of fused-ring (bicyclic) bond motifs is 1. The van der Waals surface area contributed by atoms with Crippen LogP contribution in [0, 0.1) is 16.6 Å². The number of halogens is 1. The van der Waals surface area contributed by atoms with Crippen LogP contribution in [0.15, 0.2) is 64.9 Å². The van der Waals surface area contributed by atoms with Crippen LogP contribution in [0.5, 0.6) is 5.75 Å². The van der Waals surface area contributed by atoms with E-state index in [0.717, 1.165) is 12.0 Å². The summed E-state index contributed by atoms with van der Waals surface area (Å²) in [6.45, 7) is 3.98. The van der Waals surface area contributed by atoms with Crippen LogP contribution in [0.25, 0.3) is 0 Å². The van der Waals surface area contributed by atoms with E-state index in [-0.39, 0.29) is 29.8 Å². The van der Waals surface area contributed by atoms with Gasteiger partial charge in [-0.1, -0.05) is 0 Å².